The summed E-state index contributed by atoms with van der Waals surface area (Å²) in [6, 6.07) is 6.26. The first kappa shape index (κ1) is 11.1. The largest absolute Gasteiger partial charge is 0.493 e. The third kappa shape index (κ3) is 2.21. The van der Waals surface area contributed by atoms with Crippen LogP contribution in [0, 0.1) is 0 Å². The Hall–Kier alpha value is -1.44. The van der Waals surface area contributed by atoms with Gasteiger partial charge in [-0.1, -0.05) is 19.8 Å². The number of unbranched alkanes of at least 4 members (excludes halogenated alkanes) is 2. The van der Waals surface area contributed by atoms with Gasteiger partial charge in [0, 0.05) is 5.39 Å². The maximum absolute atomic E-state index is 5.40. The van der Waals surface area contributed by atoms with Gasteiger partial charge in [0.1, 0.15) is 0 Å². The van der Waals surface area contributed by atoms with Gasteiger partial charge in [-0.05, 0) is 36.6 Å². The third-order valence-electron chi connectivity index (χ3n) is 2.87. The molecule has 0 unspecified atom stereocenters. The molecule has 0 radical (unpaired) electrons. The molecule has 0 N–H and O–H groups in total. The topological polar surface area (TPSA) is 22.4 Å². The summed E-state index contributed by atoms with van der Waals surface area (Å²) in [5.41, 5.74) is 2.18. The molecule has 2 nitrogen and oxygen atoms in total. The maximum Gasteiger partial charge on any atom is 0.175 e. The van der Waals surface area contributed by atoms with Crippen molar-refractivity contribution in [1.29, 1.82) is 0 Å². The first-order valence-corrected chi connectivity index (χ1v) is 5.89. The van der Waals surface area contributed by atoms with Crippen molar-refractivity contribution in [1.82, 2.24) is 0 Å². The lowest BCUT2D eigenvalue weighted by molar-refractivity contribution is 0.409. The molecule has 2 heteroatoms. The molecule has 0 spiro atoms. The van der Waals surface area contributed by atoms with Crippen LogP contribution in [-0.4, -0.2) is 7.11 Å². The fraction of sp³-hybridized carbons (Fsp3) is 0.429. The van der Waals surface area contributed by atoms with E-state index in [2.05, 4.69) is 19.1 Å². The SMILES string of the molecule is CCCCCc1cc(OC)c2occc2c1. The van der Waals surface area contributed by atoms with Gasteiger partial charge in [0.2, 0.25) is 0 Å². The van der Waals surface area contributed by atoms with Crippen LogP contribution >= 0.6 is 0 Å². The van der Waals surface area contributed by atoms with Crippen LogP contribution in [0.15, 0.2) is 28.9 Å². The van der Waals surface area contributed by atoms with E-state index in [4.69, 9.17) is 9.15 Å². The van der Waals surface area contributed by atoms with Crippen LogP contribution in [0.3, 0.4) is 0 Å². The van der Waals surface area contributed by atoms with Gasteiger partial charge in [0.25, 0.3) is 0 Å². The number of fused-ring (bicyclic) bond motifs is 1. The Balaban J connectivity index is 2.25. The Morgan fingerprint density at radius 2 is 2.12 bits per heavy atom. The Morgan fingerprint density at radius 3 is 2.88 bits per heavy atom. The Labute approximate surface area is 96.2 Å². The van der Waals surface area contributed by atoms with Crippen molar-refractivity contribution in [3.8, 4) is 5.75 Å². The van der Waals surface area contributed by atoms with Crippen molar-refractivity contribution in [2.45, 2.75) is 32.6 Å². The minimum atomic E-state index is 0.842. The molecule has 0 saturated heterocycles. The van der Waals surface area contributed by atoms with E-state index in [1.807, 2.05) is 6.07 Å². The molecule has 2 aromatic rings. The summed E-state index contributed by atoms with van der Waals surface area (Å²) in [6.07, 6.45) is 6.61. The molecule has 0 fully saturated rings. The van der Waals surface area contributed by atoms with Crippen LogP contribution in [0.2, 0.25) is 0 Å². The highest BCUT2D eigenvalue weighted by Gasteiger charge is 2.07. The van der Waals surface area contributed by atoms with Gasteiger partial charge in [-0.3, -0.25) is 0 Å². The number of aryl methyl sites for hydroxylation is 1. The zero-order valence-electron chi connectivity index (χ0n) is 9.95. The monoisotopic (exact) mass is 218 g/mol. The average molecular weight is 218 g/mol. The minimum absolute atomic E-state index is 0.842. The molecule has 0 amide bonds. The normalized spacial score (nSPS) is 10.9. The van der Waals surface area contributed by atoms with E-state index in [1.165, 1.54) is 24.8 Å². The molecule has 0 aliphatic carbocycles. The maximum atomic E-state index is 5.40. The van der Waals surface area contributed by atoms with Crippen molar-refractivity contribution in [2.75, 3.05) is 7.11 Å². The molecular formula is C14H18O2. The molecule has 2 rings (SSSR count). The van der Waals surface area contributed by atoms with E-state index in [0.29, 0.717) is 0 Å². The fourth-order valence-electron chi connectivity index (χ4n) is 1.98. The predicted molar refractivity (Wildman–Crippen MR) is 66.0 cm³/mol. The van der Waals surface area contributed by atoms with E-state index < -0.39 is 0 Å². The first-order chi connectivity index (χ1) is 7.85. The Kier molecular flexibility index (Phi) is 3.50. The standard InChI is InChI=1S/C14H18O2/c1-3-4-5-6-11-9-12-7-8-16-14(12)13(10-11)15-2/h7-10H,3-6H2,1-2H3. The molecule has 1 aromatic carbocycles. The van der Waals surface area contributed by atoms with E-state index >= 15 is 0 Å². The summed E-state index contributed by atoms with van der Waals surface area (Å²) in [5, 5.41) is 1.13. The summed E-state index contributed by atoms with van der Waals surface area (Å²) in [7, 11) is 1.69. The van der Waals surface area contributed by atoms with Crippen molar-refractivity contribution >= 4 is 11.0 Å². The highest BCUT2D eigenvalue weighted by Crippen LogP contribution is 2.28. The second-order valence-electron chi connectivity index (χ2n) is 4.09. The van der Waals surface area contributed by atoms with Crippen LogP contribution in [0.1, 0.15) is 31.7 Å². The molecule has 0 bridgehead atoms. The summed E-state index contributed by atoms with van der Waals surface area (Å²) < 4.78 is 10.7. The number of ether oxygens (including phenoxy) is 1. The number of hydrogen-bond acceptors (Lipinski definition) is 2. The molecule has 86 valence electrons. The van der Waals surface area contributed by atoms with Crippen LogP contribution in [-0.2, 0) is 6.42 Å². The number of benzene rings is 1. The number of hydrogen-bond donors (Lipinski definition) is 0. The van der Waals surface area contributed by atoms with Crippen molar-refractivity contribution in [3.05, 3.63) is 30.0 Å². The first-order valence-electron chi connectivity index (χ1n) is 5.89. The molecule has 1 heterocycles. The van der Waals surface area contributed by atoms with Crippen molar-refractivity contribution in [3.63, 3.8) is 0 Å². The van der Waals surface area contributed by atoms with Crippen LogP contribution in [0.4, 0.5) is 0 Å². The molecule has 0 aliphatic rings. The summed E-state index contributed by atoms with van der Waals surface area (Å²) in [5.74, 6) is 0.842. The predicted octanol–water partition coefficient (Wildman–Crippen LogP) is 4.17. The van der Waals surface area contributed by atoms with E-state index in [9.17, 15) is 0 Å². The second kappa shape index (κ2) is 5.06. The van der Waals surface area contributed by atoms with Gasteiger partial charge in [0.05, 0.1) is 13.4 Å². The zero-order valence-corrected chi connectivity index (χ0v) is 9.95. The zero-order chi connectivity index (χ0) is 11.4. The summed E-state index contributed by atoms with van der Waals surface area (Å²) >= 11 is 0. The van der Waals surface area contributed by atoms with Crippen molar-refractivity contribution in [2.24, 2.45) is 0 Å². The minimum Gasteiger partial charge on any atom is -0.493 e. The molecule has 16 heavy (non-hydrogen) atoms. The Bertz CT molecular complexity index is 457. The molecule has 1 aromatic heterocycles. The smallest absolute Gasteiger partial charge is 0.175 e. The highest BCUT2D eigenvalue weighted by atomic mass is 16.5. The van der Waals surface area contributed by atoms with E-state index in [1.54, 1.807) is 13.4 Å². The lowest BCUT2D eigenvalue weighted by Gasteiger charge is -2.05. The summed E-state index contributed by atoms with van der Waals surface area (Å²) in [6.45, 7) is 2.22. The lowest BCUT2D eigenvalue weighted by Crippen LogP contribution is -1.89. The van der Waals surface area contributed by atoms with Crippen LogP contribution in [0.25, 0.3) is 11.0 Å². The molecular weight excluding hydrogens is 200 g/mol. The highest BCUT2D eigenvalue weighted by molar-refractivity contribution is 5.83. The fourth-order valence-corrected chi connectivity index (χ4v) is 1.98. The van der Waals surface area contributed by atoms with Crippen molar-refractivity contribution < 1.29 is 9.15 Å². The molecule has 0 atom stereocenters. The molecule has 0 saturated carbocycles. The quantitative estimate of drug-likeness (QED) is 0.702. The van der Waals surface area contributed by atoms with Crippen LogP contribution in [0.5, 0.6) is 5.75 Å². The number of methoxy groups -OCH3 is 1. The van der Waals surface area contributed by atoms with Gasteiger partial charge in [0.15, 0.2) is 11.3 Å². The van der Waals surface area contributed by atoms with Gasteiger partial charge >= 0.3 is 0 Å². The van der Waals surface area contributed by atoms with Crippen LogP contribution < -0.4 is 4.74 Å². The molecule has 0 aliphatic heterocycles. The lowest BCUT2D eigenvalue weighted by atomic mass is 10.1. The van der Waals surface area contributed by atoms with Gasteiger partial charge in [-0.15, -0.1) is 0 Å². The average Bonchev–Trinajstić information content (AvgIpc) is 2.76. The van der Waals surface area contributed by atoms with E-state index in [-0.39, 0.29) is 0 Å². The van der Waals surface area contributed by atoms with E-state index in [0.717, 1.165) is 23.1 Å². The second-order valence-corrected chi connectivity index (χ2v) is 4.09. The summed E-state index contributed by atoms with van der Waals surface area (Å²) in [4.78, 5) is 0. The Morgan fingerprint density at radius 1 is 1.25 bits per heavy atom. The van der Waals surface area contributed by atoms with Gasteiger partial charge in [-0.25, -0.2) is 0 Å². The number of furan rings is 1. The number of rotatable bonds is 5. The van der Waals surface area contributed by atoms with Gasteiger partial charge in [-0.2, -0.15) is 0 Å². The third-order valence-corrected chi connectivity index (χ3v) is 2.87. The van der Waals surface area contributed by atoms with Gasteiger partial charge < -0.3 is 9.15 Å².